The van der Waals surface area contributed by atoms with E-state index in [9.17, 15) is 4.39 Å². The molecule has 0 aliphatic rings. The fraction of sp³-hybridized carbons (Fsp3) is 0.214. The predicted molar refractivity (Wildman–Crippen MR) is 78.9 cm³/mol. The summed E-state index contributed by atoms with van der Waals surface area (Å²) in [5.74, 6) is -0.388. The first kappa shape index (κ1) is 14.4. The van der Waals surface area contributed by atoms with Crippen LogP contribution < -0.4 is 5.32 Å². The Bertz CT molecular complexity index is 577. The van der Waals surface area contributed by atoms with Crippen molar-refractivity contribution in [1.82, 2.24) is 10.3 Å². The van der Waals surface area contributed by atoms with E-state index in [1.807, 2.05) is 19.2 Å². The molecule has 100 valence electrons. The first-order valence-corrected chi connectivity index (χ1v) is 6.99. The second-order valence-electron chi connectivity index (χ2n) is 4.19. The van der Waals surface area contributed by atoms with Crippen LogP contribution >= 0.6 is 27.5 Å². The lowest BCUT2D eigenvalue weighted by Crippen LogP contribution is -2.19. The number of aromatic nitrogens is 1. The van der Waals surface area contributed by atoms with Gasteiger partial charge in [0.05, 0.1) is 5.02 Å². The molecule has 0 amide bonds. The van der Waals surface area contributed by atoms with E-state index in [1.165, 1.54) is 6.07 Å². The summed E-state index contributed by atoms with van der Waals surface area (Å²) in [5, 5.41) is 3.38. The Morgan fingerprint density at radius 1 is 1.42 bits per heavy atom. The molecule has 2 aromatic rings. The van der Waals surface area contributed by atoms with Gasteiger partial charge in [0.2, 0.25) is 0 Å². The van der Waals surface area contributed by atoms with Crippen LogP contribution in [0, 0.1) is 5.82 Å². The SMILES string of the molecule is CNC(Cc1cccc(F)c1Cl)c1cncc(Br)c1. The van der Waals surface area contributed by atoms with Gasteiger partial charge in [-0.15, -0.1) is 0 Å². The molecule has 1 atom stereocenters. The summed E-state index contributed by atoms with van der Waals surface area (Å²) < 4.78 is 14.3. The molecule has 1 N–H and O–H groups in total. The lowest BCUT2D eigenvalue weighted by Gasteiger charge is -2.17. The number of rotatable bonds is 4. The van der Waals surface area contributed by atoms with E-state index in [1.54, 1.807) is 18.5 Å². The van der Waals surface area contributed by atoms with E-state index in [0.29, 0.717) is 6.42 Å². The Balaban J connectivity index is 2.26. The summed E-state index contributed by atoms with van der Waals surface area (Å²) in [6.45, 7) is 0. The summed E-state index contributed by atoms with van der Waals surface area (Å²) in [6, 6.07) is 6.88. The predicted octanol–water partition coefficient (Wildman–Crippen LogP) is 4.14. The molecule has 1 aromatic carbocycles. The van der Waals surface area contributed by atoms with Gasteiger partial charge in [-0.1, -0.05) is 23.7 Å². The third-order valence-electron chi connectivity index (χ3n) is 2.93. The zero-order valence-corrected chi connectivity index (χ0v) is 12.7. The zero-order valence-electron chi connectivity index (χ0n) is 10.3. The Kier molecular flexibility index (Phi) is 4.91. The second-order valence-corrected chi connectivity index (χ2v) is 5.49. The van der Waals surface area contributed by atoms with E-state index in [0.717, 1.165) is 15.6 Å². The van der Waals surface area contributed by atoms with Crippen molar-refractivity contribution in [3.63, 3.8) is 0 Å². The number of nitrogens with zero attached hydrogens (tertiary/aromatic N) is 1. The van der Waals surface area contributed by atoms with Crippen molar-refractivity contribution in [2.75, 3.05) is 7.05 Å². The van der Waals surface area contributed by atoms with Crippen LogP contribution in [0.1, 0.15) is 17.2 Å². The minimum absolute atomic E-state index is 0.0318. The molecule has 0 aliphatic heterocycles. The average molecular weight is 344 g/mol. The molecule has 5 heteroatoms. The van der Waals surface area contributed by atoms with Gasteiger partial charge in [0, 0.05) is 22.9 Å². The standard InChI is InChI=1S/C14H13BrClFN2/c1-18-13(10-5-11(15)8-19-7-10)6-9-3-2-4-12(17)14(9)16/h2-5,7-8,13,18H,6H2,1H3. The number of hydrogen-bond donors (Lipinski definition) is 1. The highest BCUT2D eigenvalue weighted by atomic mass is 79.9. The van der Waals surface area contributed by atoms with Gasteiger partial charge in [-0.2, -0.15) is 0 Å². The molecule has 1 heterocycles. The third-order valence-corrected chi connectivity index (χ3v) is 3.79. The average Bonchev–Trinajstić information content (AvgIpc) is 2.40. The van der Waals surface area contributed by atoms with Gasteiger partial charge < -0.3 is 5.32 Å². The van der Waals surface area contributed by atoms with Gasteiger partial charge in [0.15, 0.2) is 0 Å². The number of benzene rings is 1. The van der Waals surface area contributed by atoms with Crippen LogP contribution in [-0.4, -0.2) is 12.0 Å². The number of nitrogens with one attached hydrogen (secondary N) is 1. The molecule has 1 unspecified atom stereocenters. The van der Waals surface area contributed by atoms with Crippen LogP contribution in [0.25, 0.3) is 0 Å². The molecule has 0 saturated heterocycles. The molecule has 0 fully saturated rings. The van der Waals surface area contributed by atoms with Gasteiger partial charge in [-0.3, -0.25) is 4.98 Å². The van der Waals surface area contributed by atoms with Crippen LogP contribution in [-0.2, 0) is 6.42 Å². The highest BCUT2D eigenvalue weighted by molar-refractivity contribution is 9.10. The van der Waals surface area contributed by atoms with E-state index in [-0.39, 0.29) is 16.9 Å². The van der Waals surface area contributed by atoms with Gasteiger partial charge in [-0.25, -0.2) is 4.39 Å². The first-order valence-electron chi connectivity index (χ1n) is 5.82. The summed E-state index contributed by atoms with van der Waals surface area (Å²) in [7, 11) is 1.86. The van der Waals surface area contributed by atoms with Gasteiger partial charge in [0.25, 0.3) is 0 Å². The molecule has 0 radical (unpaired) electrons. The van der Waals surface area contributed by atoms with Crippen LogP contribution in [0.5, 0.6) is 0 Å². The van der Waals surface area contributed by atoms with Crippen molar-refractivity contribution in [3.05, 3.63) is 63.1 Å². The number of hydrogen-bond acceptors (Lipinski definition) is 2. The summed E-state index contributed by atoms with van der Waals surface area (Å²) in [5.41, 5.74) is 1.80. The van der Waals surface area contributed by atoms with Crippen molar-refractivity contribution in [2.45, 2.75) is 12.5 Å². The summed E-state index contributed by atoms with van der Waals surface area (Å²) in [6.07, 6.45) is 4.12. The third kappa shape index (κ3) is 3.53. The molecule has 2 nitrogen and oxygen atoms in total. The van der Waals surface area contributed by atoms with Crippen LogP contribution in [0.2, 0.25) is 5.02 Å². The zero-order chi connectivity index (χ0) is 13.8. The van der Waals surface area contributed by atoms with Crippen molar-refractivity contribution in [2.24, 2.45) is 0 Å². The van der Waals surface area contributed by atoms with Gasteiger partial charge in [0.1, 0.15) is 5.82 Å². The molecule has 2 rings (SSSR count). The largest absolute Gasteiger partial charge is 0.313 e. The van der Waals surface area contributed by atoms with Gasteiger partial charge >= 0.3 is 0 Å². The van der Waals surface area contributed by atoms with E-state index >= 15 is 0 Å². The number of halogens is 3. The number of pyridine rings is 1. The topological polar surface area (TPSA) is 24.9 Å². The molecule has 0 saturated carbocycles. The highest BCUT2D eigenvalue weighted by Gasteiger charge is 2.14. The van der Waals surface area contributed by atoms with E-state index in [4.69, 9.17) is 11.6 Å². The fourth-order valence-electron chi connectivity index (χ4n) is 1.93. The number of likely N-dealkylation sites (N-methyl/N-ethyl adjacent to an activating group) is 1. The lowest BCUT2D eigenvalue weighted by molar-refractivity contribution is 0.582. The Labute approximate surface area is 125 Å². The van der Waals surface area contributed by atoms with Crippen LogP contribution in [0.15, 0.2) is 41.1 Å². The van der Waals surface area contributed by atoms with Crippen molar-refractivity contribution in [3.8, 4) is 0 Å². The smallest absolute Gasteiger partial charge is 0.142 e. The first-order chi connectivity index (χ1) is 9.11. The van der Waals surface area contributed by atoms with E-state index in [2.05, 4.69) is 26.2 Å². The maximum Gasteiger partial charge on any atom is 0.142 e. The Morgan fingerprint density at radius 3 is 2.89 bits per heavy atom. The Morgan fingerprint density at radius 2 is 2.21 bits per heavy atom. The molecule has 0 aliphatic carbocycles. The molecule has 19 heavy (non-hydrogen) atoms. The van der Waals surface area contributed by atoms with Crippen molar-refractivity contribution >= 4 is 27.5 Å². The van der Waals surface area contributed by atoms with Crippen molar-refractivity contribution in [1.29, 1.82) is 0 Å². The van der Waals surface area contributed by atoms with Gasteiger partial charge in [-0.05, 0) is 52.7 Å². The molecule has 0 spiro atoms. The van der Waals surface area contributed by atoms with Crippen LogP contribution in [0.4, 0.5) is 4.39 Å². The quantitative estimate of drug-likeness (QED) is 0.902. The monoisotopic (exact) mass is 342 g/mol. The summed E-state index contributed by atoms with van der Waals surface area (Å²) >= 11 is 9.38. The molecule has 1 aromatic heterocycles. The minimum atomic E-state index is -0.388. The normalized spacial score (nSPS) is 12.4. The minimum Gasteiger partial charge on any atom is -0.313 e. The van der Waals surface area contributed by atoms with Crippen LogP contribution in [0.3, 0.4) is 0 Å². The lowest BCUT2D eigenvalue weighted by atomic mass is 10.0. The highest BCUT2D eigenvalue weighted by Crippen LogP contribution is 2.26. The maximum absolute atomic E-state index is 13.4. The molecular formula is C14H13BrClFN2. The van der Waals surface area contributed by atoms with E-state index < -0.39 is 0 Å². The molecule has 0 bridgehead atoms. The molecular weight excluding hydrogens is 331 g/mol. The van der Waals surface area contributed by atoms with Crippen molar-refractivity contribution < 1.29 is 4.39 Å². The fourth-order valence-corrected chi connectivity index (χ4v) is 2.52. The Hall–Kier alpha value is -0.970. The second kappa shape index (κ2) is 6.46. The summed E-state index contributed by atoms with van der Waals surface area (Å²) in [4.78, 5) is 4.14. The maximum atomic E-state index is 13.4.